The van der Waals surface area contributed by atoms with Crippen molar-refractivity contribution in [2.45, 2.75) is 39.3 Å². The molecule has 0 bridgehead atoms. The van der Waals surface area contributed by atoms with E-state index in [0.717, 1.165) is 22.4 Å². The summed E-state index contributed by atoms with van der Waals surface area (Å²) in [5, 5.41) is 12.3. The third kappa shape index (κ3) is 5.27. The number of aryl methyl sites for hydroxylation is 1. The number of fused-ring (bicyclic) bond motifs is 2. The molecule has 0 fully saturated rings. The smallest absolute Gasteiger partial charge is 0.278 e. The monoisotopic (exact) mass is 577 g/mol. The summed E-state index contributed by atoms with van der Waals surface area (Å²) in [6.07, 6.45) is 1.79. The van der Waals surface area contributed by atoms with E-state index in [9.17, 15) is 14.9 Å². The molecular weight excluding hydrogens is 546 g/mol. The number of carbonyl (C=O) groups is 1. The van der Waals surface area contributed by atoms with Gasteiger partial charge in [-0.15, -0.1) is 0 Å². The highest BCUT2D eigenvalue weighted by Gasteiger charge is 2.29. The first-order chi connectivity index (χ1) is 20.9. The molecule has 1 aliphatic carbocycles. The van der Waals surface area contributed by atoms with Crippen LogP contribution in [0.4, 0.5) is 11.5 Å². The Kier molecular flexibility index (Phi) is 7.50. The highest BCUT2D eigenvalue weighted by atomic mass is 16.6. The molecule has 10 nitrogen and oxygen atoms in total. The van der Waals surface area contributed by atoms with E-state index in [-0.39, 0.29) is 11.5 Å². The molecule has 5 aromatic rings. The maximum absolute atomic E-state index is 13.3. The summed E-state index contributed by atoms with van der Waals surface area (Å²) in [4.78, 5) is 36.8. The number of ether oxygens (including phenoxy) is 2. The third-order valence-corrected chi connectivity index (χ3v) is 7.84. The lowest BCUT2D eigenvalue weighted by Crippen LogP contribution is -2.28. The van der Waals surface area contributed by atoms with Gasteiger partial charge in [-0.3, -0.25) is 19.5 Å². The van der Waals surface area contributed by atoms with E-state index in [4.69, 9.17) is 19.4 Å². The number of aromatic nitrogens is 3. The minimum Gasteiger partial charge on any atom is -0.497 e. The van der Waals surface area contributed by atoms with E-state index in [1.165, 1.54) is 6.07 Å². The number of hydrogen-bond donors (Lipinski definition) is 0. The Morgan fingerprint density at radius 3 is 2.51 bits per heavy atom. The van der Waals surface area contributed by atoms with E-state index < -0.39 is 4.92 Å². The van der Waals surface area contributed by atoms with E-state index >= 15 is 0 Å². The fourth-order valence-corrected chi connectivity index (χ4v) is 5.80. The second kappa shape index (κ2) is 11.6. The third-order valence-electron chi connectivity index (χ3n) is 7.84. The summed E-state index contributed by atoms with van der Waals surface area (Å²) >= 11 is 0. The van der Waals surface area contributed by atoms with E-state index in [1.807, 2.05) is 49.4 Å². The second-order valence-electron chi connectivity index (χ2n) is 10.6. The van der Waals surface area contributed by atoms with Gasteiger partial charge in [-0.2, -0.15) is 4.98 Å². The summed E-state index contributed by atoms with van der Waals surface area (Å²) in [6, 6.07) is 22.5. The zero-order chi connectivity index (χ0) is 30.1. The van der Waals surface area contributed by atoms with Crippen molar-refractivity contribution in [2.24, 2.45) is 0 Å². The van der Waals surface area contributed by atoms with Gasteiger partial charge in [0.15, 0.2) is 5.78 Å². The van der Waals surface area contributed by atoms with Gasteiger partial charge in [-0.1, -0.05) is 36.4 Å². The number of benzene rings is 3. The average molecular weight is 578 g/mol. The Hall–Kier alpha value is -5.25. The molecule has 0 unspecified atom stereocenters. The van der Waals surface area contributed by atoms with Crippen LogP contribution in [0.15, 0.2) is 72.8 Å². The Morgan fingerprint density at radius 2 is 1.77 bits per heavy atom. The topological polar surface area (TPSA) is 113 Å². The largest absolute Gasteiger partial charge is 0.497 e. The predicted molar refractivity (Wildman–Crippen MR) is 163 cm³/mol. The first-order valence-electron chi connectivity index (χ1n) is 14.1. The Labute approximate surface area is 248 Å². The molecule has 0 saturated heterocycles. The lowest BCUT2D eigenvalue weighted by atomic mass is 9.94. The zero-order valence-corrected chi connectivity index (χ0v) is 24.2. The fourth-order valence-electron chi connectivity index (χ4n) is 5.80. The molecule has 0 spiro atoms. The molecule has 6 rings (SSSR count). The predicted octanol–water partition coefficient (Wildman–Crippen LogP) is 6.38. The minimum absolute atomic E-state index is 0.00548. The maximum Gasteiger partial charge on any atom is 0.278 e. The van der Waals surface area contributed by atoms with Crippen molar-refractivity contribution in [2.75, 3.05) is 19.1 Å². The van der Waals surface area contributed by atoms with Crippen LogP contribution in [0.5, 0.6) is 11.5 Å². The SMILES string of the molecule is COc1ccc(CN(Cc2ccccc2)c2nc(-n3c(C)cc4c([N+](=O)[O-])cccc43)nc3c2CCCC3=O)c(OC)c1. The summed E-state index contributed by atoms with van der Waals surface area (Å²) < 4.78 is 12.9. The average Bonchev–Trinajstić information content (AvgIpc) is 3.36. The van der Waals surface area contributed by atoms with Gasteiger partial charge in [0.05, 0.1) is 30.0 Å². The number of ketones is 1. The Morgan fingerprint density at radius 1 is 0.953 bits per heavy atom. The highest BCUT2D eigenvalue weighted by Crippen LogP contribution is 2.35. The number of nitro benzene ring substituents is 1. The van der Waals surface area contributed by atoms with Gasteiger partial charge in [0.1, 0.15) is 23.0 Å². The van der Waals surface area contributed by atoms with Crippen molar-refractivity contribution in [3.63, 3.8) is 0 Å². The van der Waals surface area contributed by atoms with Gasteiger partial charge in [-0.05, 0) is 49.6 Å². The number of carbonyl (C=O) groups excluding carboxylic acids is 1. The number of Topliss-reactive ketones (excluding diaryl/α,β-unsaturated/α-hetero) is 1. The highest BCUT2D eigenvalue weighted by molar-refractivity contribution is 5.98. The van der Waals surface area contributed by atoms with E-state index in [0.29, 0.717) is 72.2 Å². The van der Waals surface area contributed by atoms with Gasteiger partial charge in [0.2, 0.25) is 5.95 Å². The number of anilines is 1. The Bertz CT molecular complexity index is 1850. The first kappa shape index (κ1) is 27.9. The van der Waals surface area contributed by atoms with Crippen LogP contribution in [0.1, 0.15) is 45.7 Å². The molecule has 0 amide bonds. The molecule has 2 aromatic heterocycles. The van der Waals surface area contributed by atoms with Crippen LogP contribution in [-0.4, -0.2) is 39.5 Å². The normalized spacial score (nSPS) is 12.7. The molecule has 10 heteroatoms. The van der Waals surface area contributed by atoms with Crippen LogP contribution in [0, 0.1) is 17.0 Å². The van der Waals surface area contributed by atoms with Gasteiger partial charge >= 0.3 is 0 Å². The first-order valence-corrected chi connectivity index (χ1v) is 14.1. The van der Waals surface area contributed by atoms with Crippen molar-refractivity contribution in [3.8, 4) is 17.4 Å². The molecular formula is C33H31N5O5. The van der Waals surface area contributed by atoms with Crippen molar-refractivity contribution in [3.05, 3.63) is 111 Å². The quantitative estimate of drug-likeness (QED) is 0.147. The maximum atomic E-state index is 13.3. The Balaban J connectivity index is 1.56. The molecule has 1 aliphatic rings. The van der Waals surface area contributed by atoms with Crippen LogP contribution in [0.25, 0.3) is 16.9 Å². The van der Waals surface area contributed by atoms with Crippen molar-refractivity contribution in [1.82, 2.24) is 14.5 Å². The number of non-ortho nitro benzene ring substituents is 1. The summed E-state index contributed by atoms with van der Waals surface area (Å²) in [5.74, 6) is 2.29. The van der Waals surface area contributed by atoms with Crippen molar-refractivity contribution < 1.29 is 19.2 Å². The summed E-state index contributed by atoms with van der Waals surface area (Å²) in [5.41, 5.74) is 4.54. The van der Waals surface area contributed by atoms with Crippen molar-refractivity contribution >= 4 is 28.2 Å². The van der Waals surface area contributed by atoms with Gasteiger partial charge in [-0.25, -0.2) is 4.98 Å². The molecule has 0 radical (unpaired) electrons. The number of methoxy groups -OCH3 is 2. The molecule has 0 saturated carbocycles. The fraction of sp³-hybridized carbons (Fsp3) is 0.242. The standard InChI is InChI=1S/C33H31N5O5/c1-21-17-26-27(12-8-13-28(26)38(40)41)37(21)33-34-31-25(11-7-14-29(31)39)32(35-33)36(19-22-9-5-4-6-10-22)20-23-15-16-24(42-2)18-30(23)43-3/h4-6,8-10,12-13,15-18H,7,11,14,19-20H2,1-3H3. The molecule has 218 valence electrons. The number of nitro groups is 1. The van der Waals surface area contributed by atoms with Gasteiger partial charge in [0.25, 0.3) is 5.69 Å². The number of rotatable bonds is 9. The summed E-state index contributed by atoms with van der Waals surface area (Å²) in [6.45, 7) is 2.82. The molecule has 0 atom stereocenters. The molecule has 0 N–H and O–H groups in total. The van der Waals surface area contributed by atoms with Gasteiger partial charge in [0, 0.05) is 48.5 Å². The number of hydrogen-bond acceptors (Lipinski definition) is 8. The molecule has 2 heterocycles. The van der Waals surface area contributed by atoms with Gasteiger partial charge < -0.3 is 14.4 Å². The lowest BCUT2D eigenvalue weighted by molar-refractivity contribution is -0.383. The van der Waals surface area contributed by atoms with Crippen LogP contribution < -0.4 is 14.4 Å². The van der Waals surface area contributed by atoms with Crippen molar-refractivity contribution in [1.29, 1.82) is 0 Å². The molecule has 3 aromatic carbocycles. The second-order valence-corrected chi connectivity index (χ2v) is 10.6. The van der Waals surface area contributed by atoms with E-state index in [1.54, 1.807) is 30.9 Å². The summed E-state index contributed by atoms with van der Waals surface area (Å²) in [7, 11) is 3.24. The number of nitrogens with zero attached hydrogens (tertiary/aromatic N) is 5. The molecule has 0 aliphatic heterocycles. The zero-order valence-electron chi connectivity index (χ0n) is 24.2. The lowest BCUT2D eigenvalue weighted by Gasteiger charge is -2.29. The minimum atomic E-state index is -0.390. The van der Waals surface area contributed by atoms with Crippen LogP contribution >= 0.6 is 0 Å². The van der Waals surface area contributed by atoms with Crippen LogP contribution in [0.2, 0.25) is 0 Å². The van der Waals surface area contributed by atoms with E-state index in [2.05, 4.69) is 17.0 Å². The van der Waals surface area contributed by atoms with Crippen LogP contribution in [0.3, 0.4) is 0 Å². The van der Waals surface area contributed by atoms with Crippen LogP contribution in [-0.2, 0) is 19.5 Å². The molecule has 43 heavy (non-hydrogen) atoms.